The Morgan fingerprint density at radius 2 is 1.96 bits per heavy atom. The Bertz CT molecular complexity index is 446. The van der Waals surface area contributed by atoms with Gasteiger partial charge in [0.2, 0.25) is 5.91 Å². The predicted octanol–water partition coefficient (Wildman–Crippen LogP) is 4.41. The lowest BCUT2D eigenvalue weighted by Crippen LogP contribution is -2.26. The quantitative estimate of drug-likeness (QED) is 0.566. The van der Waals surface area contributed by atoms with Crippen LogP contribution in [0, 0.1) is 5.92 Å². The van der Waals surface area contributed by atoms with Gasteiger partial charge in [0.1, 0.15) is 0 Å². The van der Waals surface area contributed by atoms with E-state index in [1.54, 1.807) is 0 Å². The van der Waals surface area contributed by atoms with Crippen molar-refractivity contribution >= 4 is 5.91 Å². The van der Waals surface area contributed by atoms with Crippen molar-refractivity contribution in [3.05, 3.63) is 35.9 Å². The normalized spacial score (nSPS) is 17.9. The zero-order chi connectivity index (χ0) is 16.3. The van der Waals surface area contributed by atoms with Crippen molar-refractivity contribution in [3.8, 4) is 0 Å². The third-order valence-electron chi connectivity index (χ3n) is 4.59. The summed E-state index contributed by atoms with van der Waals surface area (Å²) < 4.78 is 5.69. The van der Waals surface area contributed by atoms with Gasteiger partial charge in [0, 0.05) is 26.1 Å². The summed E-state index contributed by atoms with van der Waals surface area (Å²) in [5.74, 6) is 0.975. The van der Waals surface area contributed by atoms with E-state index in [2.05, 4.69) is 24.0 Å². The van der Waals surface area contributed by atoms with Crippen molar-refractivity contribution in [1.82, 2.24) is 4.90 Å². The molecule has 0 aliphatic carbocycles. The lowest BCUT2D eigenvalue weighted by atomic mass is 10.0. The molecule has 2 rings (SSSR count). The van der Waals surface area contributed by atoms with Gasteiger partial charge in [-0.15, -0.1) is 0 Å². The minimum Gasteiger partial charge on any atom is -0.377 e. The number of ether oxygens (including phenoxy) is 1. The molecule has 0 bridgehead atoms. The van der Waals surface area contributed by atoms with Crippen LogP contribution in [0.1, 0.15) is 57.4 Å². The Balaban J connectivity index is 1.48. The van der Waals surface area contributed by atoms with E-state index >= 15 is 0 Å². The first kappa shape index (κ1) is 18.0. The van der Waals surface area contributed by atoms with E-state index in [0.717, 1.165) is 45.4 Å². The molecular weight excluding hydrogens is 286 g/mol. The lowest BCUT2D eigenvalue weighted by Gasteiger charge is -2.16. The number of unbranched alkanes of at least 4 members (excludes halogenated alkanes) is 3. The van der Waals surface area contributed by atoms with Crippen LogP contribution in [0.2, 0.25) is 0 Å². The summed E-state index contributed by atoms with van der Waals surface area (Å²) >= 11 is 0. The molecule has 1 amide bonds. The Hall–Kier alpha value is -1.35. The van der Waals surface area contributed by atoms with Gasteiger partial charge in [-0.3, -0.25) is 4.79 Å². The van der Waals surface area contributed by atoms with E-state index in [1.807, 2.05) is 18.2 Å². The van der Waals surface area contributed by atoms with E-state index in [9.17, 15) is 4.79 Å². The van der Waals surface area contributed by atoms with Gasteiger partial charge >= 0.3 is 0 Å². The predicted molar refractivity (Wildman–Crippen MR) is 94.2 cm³/mol. The van der Waals surface area contributed by atoms with Crippen molar-refractivity contribution in [1.29, 1.82) is 0 Å². The number of hydrogen-bond acceptors (Lipinski definition) is 2. The van der Waals surface area contributed by atoms with Crippen molar-refractivity contribution in [3.63, 3.8) is 0 Å². The molecule has 1 aliphatic heterocycles. The Kier molecular flexibility index (Phi) is 8.16. The molecule has 1 fully saturated rings. The van der Waals surface area contributed by atoms with Crippen molar-refractivity contribution < 1.29 is 9.53 Å². The first-order valence-corrected chi connectivity index (χ1v) is 9.19. The van der Waals surface area contributed by atoms with E-state index in [4.69, 9.17) is 4.74 Å². The third kappa shape index (κ3) is 6.74. The van der Waals surface area contributed by atoms with Crippen LogP contribution in [0.4, 0.5) is 0 Å². The van der Waals surface area contributed by atoms with E-state index < -0.39 is 0 Å². The fourth-order valence-electron chi connectivity index (χ4n) is 3.20. The Morgan fingerprint density at radius 1 is 1.13 bits per heavy atom. The molecule has 1 atom stereocenters. The maximum Gasteiger partial charge on any atom is 0.222 e. The Morgan fingerprint density at radius 3 is 2.74 bits per heavy atom. The number of amides is 1. The van der Waals surface area contributed by atoms with Crippen LogP contribution in [-0.2, 0) is 16.1 Å². The summed E-state index contributed by atoms with van der Waals surface area (Å²) in [5, 5.41) is 0. The molecule has 0 N–H and O–H groups in total. The molecule has 3 heteroatoms. The SMILES string of the molecule is CCCCC1CC(=O)N(CCCCCOCc2ccccc2)C1. The average molecular weight is 317 g/mol. The molecule has 3 nitrogen and oxygen atoms in total. The Labute approximate surface area is 141 Å². The number of rotatable bonds is 11. The zero-order valence-electron chi connectivity index (χ0n) is 14.5. The number of carbonyl (C=O) groups is 1. The third-order valence-corrected chi connectivity index (χ3v) is 4.59. The summed E-state index contributed by atoms with van der Waals surface area (Å²) in [6.45, 7) is 5.64. The minimum atomic E-state index is 0.367. The van der Waals surface area contributed by atoms with Crippen molar-refractivity contribution in [2.75, 3.05) is 19.7 Å². The molecular formula is C20H31NO2. The monoisotopic (exact) mass is 317 g/mol. The standard InChI is InChI=1S/C20H31NO2/c1-2-3-10-19-15-20(22)21(16-19)13-8-5-9-14-23-17-18-11-6-4-7-12-18/h4,6-7,11-12,19H,2-3,5,8-10,13-17H2,1H3. The molecule has 1 saturated heterocycles. The second kappa shape index (κ2) is 10.4. The number of carbonyl (C=O) groups excluding carboxylic acids is 1. The largest absolute Gasteiger partial charge is 0.377 e. The van der Waals surface area contributed by atoms with E-state index in [-0.39, 0.29) is 0 Å². The highest BCUT2D eigenvalue weighted by atomic mass is 16.5. The highest BCUT2D eigenvalue weighted by molar-refractivity contribution is 5.78. The second-order valence-electron chi connectivity index (χ2n) is 6.65. The fourth-order valence-corrected chi connectivity index (χ4v) is 3.20. The van der Waals surface area contributed by atoms with Gasteiger partial charge in [0.25, 0.3) is 0 Å². The van der Waals surface area contributed by atoms with Gasteiger partial charge in [-0.05, 0) is 37.2 Å². The molecule has 128 valence electrons. The first-order valence-electron chi connectivity index (χ1n) is 9.19. The maximum absolute atomic E-state index is 12.0. The lowest BCUT2D eigenvalue weighted by molar-refractivity contribution is -0.127. The van der Waals surface area contributed by atoms with Crippen LogP contribution in [0.5, 0.6) is 0 Å². The molecule has 1 unspecified atom stereocenters. The van der Waals surface area contributed by atoms with Gasteiger partial charge in [0.15, 0.2) is 0 Å². The fraction of sp³-hybridized carbons (Fsp3) is 0.650. The van der Waals surface area contributed by atoms with Crippen LogP contribution in [0.25, 0.3) is 0 Å². The smallest absolute Gasteiger partial charge is 0.222 e. The summed E-state index contributed by atoms with van der Waals surface area (Å²) in [7, 11) is 0. The van der Waals surface area contributed by atoms with Crippen LogP contribution in [-0.4, -0.2) is 30.5 Å². The number of nitrogens with zero attached hydrogens (tertiary/aromatic N) is 1. The van der Waals surface area contributed by atoms with Gasteiger partial charge in [-0.2, -0.15) is 0 Å². The first-order chi connectivity index (χ1) is 11.3. The number of benzene rings is 1. The number of hydrogen-bond donors (Lipinski definition) is 0. The highest BCUT2D eigenvalue weighted by Crippen LogP contribution is 2.23. The zero-order valence-corrected chi connectivity index (χ0v) is 14.5. The summed E-state index contributed by atoms with van der Waals surface area (Å²) in [6.07, 6.45) is 7.79. The number of likely N-dealkylation sites (tertiary alicyclic amines) is 1. The van der Waals surface area contributed by atoms with Gasteiger partial charge < -0.3 is 9.64 Å². The molecule has 1 aromatic rings. The van der Waals surface area contributed by atoms with Crippen molar-refractivity contribution in [2.24, 2.45) is 5.92 Å². The molecule has 0 saturated carbocycles. The topological polar surface area (TPSA) is 29.5 Å². The van der Waals surface area contributed by atoms with Crippen LogP contribution < -0.4 is 0 Å². The molecule has 0 aromatic heterocycles. The van der Waals surface area contributed by atoms with E-state index in [0.29, 0.717) is 18.4 Å². The van der Waals surface area contributed by atoms with Crippen molar-refractivity contribution in [2.45, 2.75) is 58.5 Å². The molecule has 0 radical (unpaired) electrons. The van der Waals surface area contributed by atoms with Crippen LogP contribution >= 0.6 is 0 Å². The molecule has 1 heterocycles. The molecule has 1 aliphatic rings. The summed E-state index contributed by atoms with van der Waals surface area (Å²) in [4.78, 5) is 14.0. The van der Waals surface area contributed by atoms with E-state index in [1.165, 1.54) is 24.8 Å². The molecule has 23 heavy (non-hydrogen) atoms. The minimum absolute atomic E-state index is 0.367. The highest BCUT2D eigenvalue weighted by Gasteiger charge is 2.28. The molecule has 1 aromatic carbocycles. The van der Waals surface area contributed by atoms with Gasteiger partial charge in [-0.1, -0.05) is 50.1 Å². The second-order valence-corrected chi connectivity index (χ2v) is 6.65. The van der Waals surface area contributed by atoms with Gasteiger partial charge in [-0.25, -0.2) is 0 Å². The maximum atomic E-state index is 12.0. The van der Waals surface area contributed by atoms with Crippen LogP contribution in [0.15, 0.2) is 30.3 Å². The van der Waals surface area contributed by atoms with Crippen LogP contribution in [0.3, 0.4) is 0 Å². The van der Waals surface area contributed by atoms with Gasteiger partial charge in [0.05, 0.1) is 6.61 Å². The molecule has 0 spiro atoms. The average Bonchev–Trinajstić information content (AvgIpc) is 2.93. The summed E-state index contributed by atoms with van der Waals surface area (Å²) in [6, 6.07) is 10.3. The summed E-state index contributed by atoms with van der Waals surface area (Å²) in [5.41, 5.74) is 1.23.